The Kier molecular flexibility index (Phi) is 3.47. The Bertz CT molecular complexity index is 537. The first-order valence-electron chi connectivity index (χ1n) is 6.15. The van der Waals surface area contributed by atoms with Crippen molar-refractivity contribution in [3.05, 3.63) is 46.4 Å². The third-order valence-corrected chi connectivity index (χ3v) is 2.89. The van der Waals surface area contributed by atoms with Crippen LogP contribution < -0.4 is 5.56 Å². The van der Waals surface area contributed by atoms with Crippen molar-refractivity contribution < 1.29 is 0 Å². The van der Waals surface area contributed by atoms with Gasteiger partial charge in [-0.1, -0.05) is 44.2 Å². The Balaban J connectivity index is 2.57. The van der Waals surface area contributed by atoms with Gasteiger partial charge in [-0.3, -0.25) is 14.6 Å². The van der Waals surface area contributed by atoms with Crippen LogP contribution in [0.15, 0.2) is 35.1 Å². The summed E-state index contributed by atoms with van der Waals surface area (Å²) in [5, 5.41) is 3.20. The van der Waals surface area contributed by atoms with Gasteiger partial charge in [0.25, 0.3) is 5.56 Å². The van der Waals surface area contributed by atoms with E-state index < -0.39 is 0 Å². The third kappa shape index (κ3) is 2.18. The van der Waals surface area contributed by atoms with Crippen molar-refractivity contribution >= 4 is 0 Å². The summed E-state index contributed by atoms with van der Waals surface area (Å²) in [6.45, 7) is 4.88. The summed E-state index contributed by atoms with van der Waals surface area (Å²) in [5.41, 5.74) is 2.94. The van der Waals surface area contributed by atoms with Crippen LogP contribution in [-0.4, -0.2) is 9.78 Å². The molecule has 0 bridgehead atoms. The number of aromatic nitrogens is 2. The smallest absolute Gasteiger partial charge is 0.274 e. The first-order valence-corrected chi connectivity index (χ1v) is 6.15. The molecule has 0 aliphatic carbocycles. The van der Waals surface area contributed by atoms with Gasteiger partial charge in [-0.2, -0.15) is 0 Å². The third-order valence-electron chi connectivity index (χ3n) is 2.89. The molecule has 0 saturated heterocycles. The molecule has 0 unspecified atom stereocenters. The Labute approximate surface area is 101 Å². The largest absolute Gasteiger partial charge is 0.299 e. The minimum atomic E-state index is 0.0925. The number of benzene rings is 1. The van der Waals surface area contributed by atoms with Crippen LogP contribution in [0.1, 0.15) is 26.0 Å². The van der Waals surface area contributed by atoms with Gasteiger partial charge in [-0.05, 0) is 18.4 Å². The predicted octanol–water partition coefficient (Wildman–Crippen LogP) is 2.82. The first-order chi connectivity index (χ1) is 8.27. The highest BCUT2D eigenvalue weighted by atomic mass is 16.1. The van der Waals surface area contributed by atoms with Crippen LogP contribution in [0.25, 0.3) is 11.1 Å². The molecule has 0 amide bonds. The Morgan fingerprint density at radius 2 is 1.88 bits per heavy atom. The first kappa shape index (κ1) is 11.7. The van der Waals surface area contributed by atoms with Crippen LogP contribution in [0.2, 0.25) is 0 Å². The Hall–Kier alpha value is -1.77. The van der Waals surface area contributed by atoms with E-state index in [9.17, 15) is 4.79 Å². The molecule has 0 aliphatic rings. The van der Waals surface area contributed by atoms with Gasteiger partial charge in [0.2, 0.25) is 0 Å². The minimum Gasteiger partial charge on any atom is -0.299 e. The summed E-state index contributed by atoms with van der Waals surface area (Å²) in [7, 11) is 0. The van der Waals surface area contributed by atoms with Gasteiger partial charge in [0.1, 0.15) is 0 Å². The van der Waals surface area contributed by atoms with Crippen molar-refractivity contribution in [3.8, 4) is 11.1 Å². The summed E-state index contributed by atoms with van der Waals surface area (Å²) >= 11 is 0. The number of aryl methyl sites for hydroxylation is 2. The summed E-state index contributed by atoms with van der Waals surface area (Å²) < 4.78 is 1.71. The molecule has 90 valence electrons. The molecule has 0 saturated carbocycles. The number of rotatable bonds is 4. The highest BCUT2D eigenvalue weighted by molar-refractivity contribution is 5.65. The summed E-state index contributed by atoms with van der Waals surface area (Å²) in [6.07, 6.45) is 1.80. The van der Waals surface area contributed by atoms with Crippen LogP contribution in [0, 0.1) is 0 Å². The zero-order valence-electron chi connectivity index (χ0n) is 10.4. The fourth-order valence-electron chi connectivity index (χ4n) is 2.07. The molecule has 0 aliphatic heterocycles. The van der Waals surface area contributed by atoms with Gasteiger partial charge >= 0.3 is 0 Å². The van der Waals surface area contributed by atoms with E-state index in [0.29, 0.717) is 0 Å². The molecule has 2 rings (SSSR count). The van der Waals surface area contributed by atoms with Crippen molar-refractivity contribution in [2.75, 3.05) is 0 Å². The number of H-pyrrole nitrogens is 1. The maximum Gasteiger partial charge on any atom is 0.274 e. The molecular formula is C14H18N2O. The van der Waals surface area contributed by atoms with E-state index in [1.165, 1.54) is 0 Å². The lowest BCUT2D eigenvalue weighted by Gasteiger charge is -1.98. The molecule has 0 radical (unpaired) electrons. The Morgan fingerprint density at radius 3 is 2.47 bits per heavy atom. The average Bonchev–Trinajstić information content (AvgIpc) is 2.68. The lowest BCUT2D eigenvalue weighted by molar-refractivity contribution is 0.579. The van der Waals surface area contributed by atoms with Crippen molar-refractivity contribution in [1.82, 2.24) is 9.78 Å². The fraction of sp³-hybridized carbons (Fsp3) is 0.357. The van der Waals surface area contributed by atoms with Gasteiger partial charge in [0.05, 0.1) is 5.56 Å². The molecular weight excluding hydrogens is 212 g/mol. The molecule has 0 fully saturated rings. The molecule has 3 heteroatoms. The molecule has 0 spiro atoms. The van der Waals surface area contributed by atoms with E-state index in [4.69, 9.17) is 0 Å². The topological polar surface area (TPSA) is 37.8 Å². The zero-order valence-corrected chi connectivity index (χ0v) is 10.4. The van der Waals surface area contributed by atoms with E-state index in [1.54, 1.807) is 4.68 Å². The number of hydrogen-bond donors (Lipinski definition) is 1. The van der Waals surface area contributed by atoms with Crippen molar-refractivity contribution in [2.24, 2.45) is 0 Å². The van der Waals surface area contributed by atoms with Crippen molar-refractivity contribution in [1.29, 1.82) is 0 Å². The number of nitrogens with zero attached hydrogens (tertiary/aromatic N) is 1. The van der Waals surface area contributed by atoms with Gasteiger partial charge in [-0.25, -0.2) is 0 Å². The van der Waals surface area contributed by atoms with E-state index in [1.807, 2.05) is 30.3 Å². The lowest BCUT2D eigenvalue weighted by Crippen LogP contribution is -2.17. The van der Waals surface area contributed by atoms with Crippen molar-refractivity contribution in [2.45, 2.75) is 33.2 Å². The van der Waals surface area contributed by atoms with Crippen LogP contribution in [0.5, 0.6) is 0 Å². The van der Waals surface area contributed by atoms with E-state index in [2.05, 4.69) is 18.9 Å². The van der Waals surface area contributed by atoms with Crippen LogP contribution in [0.4, 0.5) is 0 Å². The molecule has 1 aromatic carbocycles. The van der Waals surface area contributed by atoms with Gasteiger partial charge in [-0.15, -0.1) is 0 Å². The van der Waals surface area contributed by atoms with Crippen LogP contribution >= 0.6 is 0 Å². The average molecular weight is 230 g/mol. The highest BCUT2D eigenvalue weighted by Crippen LogP contribution is 2.19. The summed E-state index contributed by atoms with van der Waals surface area (Å²) in [4.78, 5) is 12.3. The zero-order chi connectivity index (χ0) is 12.3. The quantitative estimate of drug-likeness (QED) is 0.861. The van der Waals surface area contributed by atoms with Crippen molar-refractivity contribution in [3.63, 3.8) is 0 Å². The monoisotopic (exact) mass is 230 g/mol. The van der Waals surface area contributed by atoms with Gasteiger partial charge in [0, 0.05) is 12.2 Å². The molecule has 0 atom stereocenters. The van der Waals surface area contributed by atoms with Gasteiger partial charge in [0.15, 0.2) is 0 Å². The van der Waals surface area contributed by atoms with E-state index in [-0.39, 0.29) is 5.56 Å². The van der Waals surface area contributed by atoms with E-state index >= 15 is 0 Å². The molecule has 1 aromatic heterocycles. The molecule has 17 heavy (non-hydrogen) atoms. The SMILES string of the molecule is CCCn1[nH]c(CC)c(-c2ccccc2)c1=O. The van der Waals surface area contributed by atoms with Gasteiger partial charge < -0.3 is 0 Å². The summed E-state index contributed by atoms with van der Waals surface area (Å²) in [6, 6.07) is 9.86. The number of aromatic amines is 1. The second kappa shape index (κ2) is 5.04. The normalized spacial score (nSPS) is 10.7. The lowest BCUT2D eigenvalue weighted by atomic mass is 10.1. The molecule has 3 nitrogen and oxygen atoms in total. The predicted molar refractivity (Wildman–Crippen MR) is 70.2 cm³/mol. The van der Waals surface area contributed by atoms with E-state index in [0.717, 1.165) is 36.2 Å². The van der Waals surface area contributed by atoms with Crippen LogP contribution in [0.3, 0.4) is 0 Å². The maximum atomic E-state index is 12.3. The highest BCUT2D eigenvalue weighted by Gasteiger charge is 2.13. The second-order valence-electron chi connectivity index (χ2n) is 4.14. The standard InChI is InChI=1S/C14H18N2O/c1-3-10-16-14(17)13(12(4-2)15-16)11-8-6-5-7-9-11/h5-9,15H,3-4,10H2,1-2H3. The molecule has 2 aromatic rings. The minimum absolute atomic E-state index is 0.0925. The molecule has 1 heterocycles. The molecule has 1 N–H and O–H groups in total. The summed E-state index contributed by atoms with van der Waals surface area (Å²) in [5.74, 6) is 0. The number of hydrogen-bond acceptors (Lipinski definition) is 1. The van der Waals surface area contributed by atoms with Crippen LogP contribution in [-0.2, 0) is 13.0 Å². The number of nitrogens with one attached hydrogen (secondary N) is 1. The maximum absolute atomic E-state index is 12.3. The fourth-order valence-corrected chi connectivity index (χ4v) is 2.07. The Morgan fingerprint density at radius 1 is 1.18 bits per heavy atom. The second-order valence-corrected chi connectivity index (χ2v) is 4.14.